The van der Waals surface area contributed by atoms with Crippen LogP contribution in [0.4, 0.5) is 8.78 Å². The van der Waals surface area contributed by atoms with Gasteiger partial charge in [-0.25, -0.2) is 18.6 Å². The molecule has 13 heteroatoms. The Bertz CT molecular complexity index is 1560. The number of rotatable bonds is 4. The van der Waals surface area contributed by atoms with Crippen molar-refractivity contribution >= 4 is 29.4 Å². The molecule has 3 aromatic heterocycles. The molecule has 3 N–H and O–H groups in total. The van der Waals surface area contributed by atoms with Gasteiger partial charge in [0.15, 0.2) is 11.1 Å². The number of likely N-dealkylation sites (tertiary alicyclic amines) is 1. The first-order valence-corrected chi connectivity index (χ1v) is 12.6. The highest BCUT2D eigenvalue weighted by Gasteiger charge is 2.37. The lowest BCUT2D eigenvalue weighted by atomic mass is 10.1. The summed E-state index contributed by atoms with van der Waals surface area (Å²) >= 11 is 1.38. The number of piperidine rings is 1. The molecule has 188 valence electrons. The van der Waals surface area contributed by atoms with E-state index < -0.39 is 11.6 Å². The molecule has 3 aliphatic rings. The number of amides is 1. The molecule has 36 heavy (non-hydrogen) atoms. The molecule has 1 saturated carbocycles. The van der Waals surface area contributed by atoms with Gasteiger partial charge in [0.25, 0.3) is 11.8 Å². The van der Waals surface area contributed by atoms with Gasteiger partial charge in [0.1, 0.15) is 5.69 Å². The number of alkyl halides is 2. The number of carbonyl (C=O) groups is 1. The zero-order valence-electron chi connectivity index (χ0n) is 19.1. The first-order valence-electron chi connectivity index (χ1n) is 11.8. The third-order valence-electron chi connectivity index (χ3n) is 6.51. The fourth-order valence-corrected chi connectivity index (χ4v) is 5.52. The Labute approximate surface area is 206 Å². The van der Waals surface area contributed by atoms with Crippen molar-refractivity contribution in [1.29, 1.82) is 0 Å². The standard InChI is InChI=1S/C23H23F2N7O3S/c24-23(25)5-7-31(8-6-23)21(34)17-4-3-16(36-17)14-10-18(27-13-1-2-13)32-19(28-14)12(11-26-32)9-15-20(33)30-22(35)29-15/h4,9-11,13,16,33H,1-3,5-8H2,(H2,29,30,35). The van der Waals surface area contributed by atoms with Gasteiger partial charge in [-0.1, -0.05) is 6.08 Å². The molecule has 2 aliphatic heterocycles. The topological polar surface area (TPSA) is 132 Å². The number of H-pyrrole nitrogens is 2. The lowest BCUT2D eigenvalue weighted by molar-refractivity contribution is -0.132. The number of hydrogen-bond acceptors (Lipinski definition) is 7. The summed E-state index contributed by atoms with van der Waals surface area (Å²) in [4.78, 5) is 40.9. The fourth-order valence-electron chi connectivity index (χ4n) is 4.35. The number of halogens is 2. The average Bonchev–Trinajstić information content (AvgIpc) is 3.22. The van der Waals surface area contributed by atoms with Gasteiger partial charge in [-0.15, -0.1) is 11.8 Å². The summed E-state index contributed by atoms with van der Waals surface area (Å²) < 4.78 is 28.7. The molecule has 3 aromatic rings. The van der Waals surface area contributed by atoms with Crippen LogP contribution in [0.25, 0.3) is 11.7 Å². The van der Waals surface area contributed by atoms with Gasteiger partial charge < -0.3 is 15.0 Å². The van der Waals surface area contributed by atoms with Gasteiger partial charge in [-0.2, -0.15) is 9.61 Å². The first kappa shape index (κ1) is 23.0. The molecule has 2 fully saturated rings. The summed E-state index contributed by atoms with van der Waals surface area (Å²) in [6.45, 7) is 0.0955. The zero-order chi connectivity index (χ0) is 25.0. The summed E-state index contributed by atoms with van der Waals surface area (Å²) in [5, 5.41) is 14.8. The highest BCUT2D eigenvalue weighted by atomic mass is 32.2. The number of allylic oxidation sites excluding steroid dienone is 1. The van der Waals surface area contributed by atoms with Crippen LogP contribution in [0.5, 0.6) is 5.88 Å². The number of imidazole rings is 1. The van der Waals surface area contributed by atoms with Crippen molar-refractivity contribution < 1.29 is 18.7 Å². The maximum atomic E-state index is 13.5. The van der Waals surface area contributed by atoms with Crippen LogP contribution in [0, 0.1) is 0 Å². The van der Waals surface area contributed by atoms with E-state index in [0.29, 0.717) is 27.7 Å². The second-order valence-electron chi connectivity index (χ2n) is 9.28. The zero-order valence-corrected chi connectivity index (χ0v) is 19.9. The molecule has 1 atom stereocenters. The van der Waals surface area contributed by atoms with Crippen LogP contribution in [0.15, 0.2) is 33.0 Å². The number of thioether (sulfide) groups is 1. The molecule has 6 rings (SSSR count). The number of fused-ring (bicyclic) bond motifs is 1. The number of aromatic nitrogens is 5. The molecular formula is C23H23F2N7O3S. The largest absolute Gasteiger partial charge is 0.493 e. The second kappa shape index (κ2) is 8.57. The first-order chi connectivity index (χ1) is 17.3. The van der Waals surface area contributed by atoms with E-state index >= 15 is 0 Å². The van der Waals surface area contributed by atoms with Crippen LogP contribution in [-0.4, -0.2) is 65.5 Å². The Morgan fingerprint density at radius 1 is 1.28 bits per heavy atom. The molecule has 1 unspecified atom stereocenters. The third kappa shape index (κ3) is 4.43. The van der Waals surface area contributed by atoms with Crippen LogP contribution < -0.4 is 16.4 Å². The molecule has 0 bridgehead atoms. The van der Waals surface area contributed by atoms with E-state index in [1.54, 1.807) is 16.8 Å². The van der Waals surface area contributed by atoms with Crippen LogP contribution >= 0.6 is 11.8 Å². The number of aromatic hydroxyl groups is 1. The Kier molecular flexibility index (Phi) is 5.47. The van der Waals surface area contributed by atoms with Gasteiger partial charge in [0, 0.05) is 37.2 Å². The highest BCUT2D eigenvalue weighted by molar-refractivity contribution is 8.04. The van der Waals surface area contributed by atoms with Crippen LogP contribution in [-0.2, 0) is 4.79 Å². The maximum absolute atomic E-state index is 13.5. The normalized spacial score (nSPS) is 23.0. The van der Waals surface area contributed by atoms with Gasteiger partial charge in [0.2, 0.25) is 5.88 Å². The van der Waals surface area contributed by atoms with Crippen LogP contribution in [0.1, 0.15) is 48.7 Å². The molecule has 1 aliphatic carbocycles. The number of nitrogens with zero attached hydrogens (tertiary/aromatic N) is 5. The van der Waals surface area contributed by atoms with E-state index in [1.807, 2.05) is 12.1 Å². The Hall–Kier alpha value is -3.48. The van der Waals surface area contributed by atoms with Crippen molar-refractivity contribution in [2.75, 3.05) is 13.1 Å². The van der Waals surface area contributed by atoms with Crippen molar-refractivity contribution in [3.63, 3.8) is 0 Å². The minimum absolute atomic E-state index is 0.0478. The predicted molar refractivity (Wildman–Crippen MR) is 127 cm³/mol. The van der Waals surface area contributed by atoms with E-state index in [2.05, 4.69) is 15.1 Å². The fraction of sp³-hybridized carbons (Fsp3) is 0.435. The molecular weight excluding hydrogens is 492 g/mol. The quantitative estimate of drug-likeness (QED) is 0.481. The lowest BCUT2D eigenvalue weighted by Gasteiger charge is -2.32. The maximum Gasteiger partial charge on any atom is 0.326 e. The molecule has 5 heterocycles. The van der Waals surface area contributed by atoms with Crippen molar-refractivity contribution in [2.45, 2.75) is 49.3 Å². The Morgan fingerprint density at radius 3 is 2.75 bits per heavy atom. The summed E-state index contributed by atoms with van der Waals surface area (Å²) in [7, 11) is 0. The molecule has 0 radical (unpaired) electrons. The molecule has 10 nitrogen and oxygen atoms in total. The Morgan fingerprint density at radius 2 is 2.06 bits per heavy atom. The monoisotopic (exact) mass is 515 g/mol. The van der Waals surface area contributed by atoms with E-state index in [9.17, 15) is 23.5 Å². The summed E-state index contributed by atoms with van der Waals surface area (Å²) in [5.74, 6) is -3.21. The molecule has 1 saturated heterocycles. The molecule has 0 spiro atoms. The number of carbonyl (C=O) groups excluding carboxylic acids is 1. The molecule has 0 aromatic carbocycles. The van der Waals surface area contributed by atoms with Crippen molar-refractivity contribution in [2.24, 2.45) is 4.99 Å². The predicted octanol–water partition coefficient (Wildman–Crippen LogP) is 1.38. The van der Waals surface area contributed by atoms with Crippen molar-refractivity contribution in [1.82, 2.24) is 29.5 Å². The summed E-state index contributed by atoms with van der Waals surface area (Å²) in [6, 6.07) is 2.10. The minimum Gasteiger partial charge on any atom is -0.493 e. The minimum atomic E-state index is -2.71. The average molecular weight is 516 g/mol. The van der Waals surface area contributed by atoms with Gasteiger partial charge >= 0.3 is 5.69 Å². The van der Waals surface area contributed by atoms with Gasteiger partial charge in [-0.05, 0) is 25.3 Å². The van der Waals surface area contributed by atoms with E-state index in [-0.39, 0.29) is 54.7 Å². The number of aromatic amines is 2. The Balaban J connectivity index is 1.32. The van der Waals surface area contributed by atoms with Gasteiger partial charge in [0.05, 0.1) is 28.1 Å². The smallest absolute Gasteiger partial charge is 0.326 e. The second-order valence-corrected chi connectivity index (χ2v) is 10.5. The van der Waals surface area contributed by atoms with Crippen LogP contribution in [0.2, 0.25) is 0 Å². The number of hydrogen-bond donors (Lipinski definition) is 3. The third-order valence-corrected chi connectivity index (χ3v) is 7.82. The molecule has 1 amide bonds. The van der Waals surface area contributed by atoms with Gasteiger partial charge in [-0.3, -0.25) is 14.8 Å². The van der Waals surface area contributed by atoms with Crippen molar-refractivity contribution in [3.05, 3.63) is 55.8 Å². The van der Waals surface area contributed by atoms with Crippen LogP contribution in [0.3, 0.4) is 0 Å². The van der Waals surface area contributed by atoms with E-state index in [0.717, 1.165) is 18.5 Å². The lowest BCUT2D eigenvalue weighted by Crippen LogP contribution is -2.42. The highest BCUT2D eigenvalue weighted by Crippen LogP contribution is 2.44. The van der Waals surface area contributed by atoms with E-state index in [1.165, 1.54) is 16.7 Å². The summed E-state index contributed by atoms with van der Waals surface area (Å²) in [6.07, 6.45) is 6.97. The summed E-state index contributed by atoms with van der Waals surface area (Å²) in [5.41, 5.74) is 1.55. The SMILES string of the molecule is O=C(C1=CCC(c2cc(=NC3CC3)n3ncc(=Cc4[nH]c(=O)[nH]c4O)c3n2)S1)N1CCC(F)(F)CC1. The van der Waals surface area contributed by atoms with E-state index in [4.69, 9.17) is 9.98 Å². The van der Waals surface area contributed by atoms with Crippen molar-refractivity contribution in [3.8, 4) is 5.88 Å². The number of nitrogens with one attached hydrogen (secondary N) is 2.